The van der Waals surface area contributed by atoms with Crippen LogP contribution in [0.15, 0.2) is 48.7 Å². The Kier molecular flexibility index (Phi) is 6.80. The Morgan fingerprint density at radius 1 is 1.07 bits per heavy atom. The molecule has 8 heteroatoms. The van der Waals surface area contributed by atoms with Gasteiger partial charge in [0.05, 0.1) is 12.2 Å². The molecule has 7 nitrogen and oxygen atoms in total. The van der Waals surface area contributed by atoms with E-state index in [-0.39, 0.29) is 11.8 Å². The number of anilines is 1. The standard InChI is InChI=1S/C20H21N5O2S/c1-14-8-10-15(11-9-14)23-19(27)20-25-24-18(28-20)7-4-6-17(26)22-13-16-5-2-3-12-21-16/h2-3,5,8-12H,4,6-7,13H2,1H3,(H,22,26)(H,23,27). The molecule has 0 aliphatic carbocycles. The van der Waals surface area contributed by atoms with Gasteiger partial charge >= 0.3 is 0 Å². The fraction of sp³-hybridized carbons (Fsp3) is 0.250. The van der Waals surface area contributed by atoms with Crippen LogP contribution in [-0.4, -0.2) is 27.0 Å². The van der Waals surface area contributed by atoms with E-state index < -0.39 is 0 Å². The third kappa shape index (κ3) is 5.95. The highest BCUT2D eigenvalue weighted by Gasteiger charge is 2.13. The second-order valence-electron chi connectivity index (χ2n) is 6.27. The Balaban J connectivity index is 1.41. The molecular formula is C20H21N5O2S. The number of nitrogens with zero attached hydrogens (tertiary/aromatic N) is 3. The summed E-state index contributed by atoms with van der Waals surface area (Å²) in [6.07, 6.45) is 3.33. The Morgan fingerprint density at radius 2 is 1.89 bits per heavy atom. The van der Waals surface area contributed by atoms with Gasteiger partial charge in [-0.15, -0.1) is 10.2 Å². The smallest absolute Gasteiger partial charge is 0.286 e. The topological polar surface area (TPSA) is 96.9 Å². The number of hydrogen-bond acceptors (Lipinski definition) is 6. The summed E-state index contributed by atoms with van der Waals surface area (Å²) in [6.45, 7) is 2.41. The maximum Gasteiger partial charge on any atom is 0.286 e. The van der Waals surface area contributed by atoms with Crippen LogP contribution in [0.2, 0.25) is 0 Å². The third-order valence-electron chi connectivity index (χ3n) is 3.96. The largest absolute Gasteiger partial charge is 0.350 e. The van der Waals surface area contributed by atoms with Gasteiger partial charge in [-0.25, -0.2) is 0 Å². The first-order chi connectivity index (χ1) is 13.6. The third-order valence-corrected chi connectivity index (χ3v) is 4.94. The Labute approximate surface area is 167 Å². The van der Waals surface area contributed by atoms with Crippen LogP contribution in [0.1, 0.15) is 38.9 Å². The summed E-state index contributed by atoms with van der Waals surface area (Å²) in [6, 6.07) is 13.1. The molecule has 2 aromatic heterocycles. The van der Waals surface area contributed by atoms with Crippen LogP contribution in [0.25, 0.3) is 0 Å². The molecule has 0 bridgehead atoms. The molecule has 3 aromatic rings. The average molecular weight is 395 g/mol. The molecule has 2 N–H and O–H groups in total. The number of benzene rings is 1. The summed E-state index contributed by atoms with van der Waals surface area (Å²) in [4.78, 5) is 28.3. The highest BCUT2D eigenvalue weighted by molar-refractivity contribution is 7.13. The SMILES string of the molecule is Cc1ccc(NC(=O)c2nnc(CCCC(=O)NCc3ccccn3)s2)cc1. The van der Waals surface area contributed by atoms with E-state index in [4.69, 9.17) is 0 Å². The molecule has 3 rings (SSSR count). The van der Waals surface area contributed by atoms with Gasteiger partial charge in [0.1, 0.15) is 5.01 Å². The maximum atomic E-state index is 12.2. The summed E-state index contributed by atoms with van der Waals surface area (Å²) in [7, 11) is 0. The first kappa shape index (κ1) is 19.6. The van der Waals surface area contributed by atoms with Crippen LogP contribution >= 0.6 is 11.3 Å². The molecule has 0 unspecified atom stereocenters. The van der Waals surface area contributed by atoms with Gasteiger partial charge in [-0.3, -0.25) is 14.6 Å². The Hall–Kier alpha value is -3.13. The zero-order valence-corrected chi connectivity index (χ0v) is 16.3. The lowest BCUT2D eigenvalue weighted by molar-refractivity contribution is -0.121. The number of aryl methyl sites for hydroxylation is 2. The minimum atomic E-state index is -0.277. The van der Waals surface area contributed by atoms with Gasteiger partial charge in [-0.1, -0.05) is 35.1 Å². The van der Waals surface area contributed by atoms with Crippen LogP contribution < -0.4 is 10.6 Å². The number of amides is 2. The molecule has 28 heavy (non-hydrogen) atoms. The summed E-state index contributed by atoms with van der Waals surface area (Å²) < 4.78 is 0. The van der Waals surface area contributed by atoms with Crippen LogP contribution in [0.5, 0.6) is 0 Å². The molecule has 2 amide bonds. The number of nitrogens with one attached hydrogen (secondary N) is 2. The normalized spacial score (nSPS) is 10.5. The molecule has 2 heterocycles. The molecular weight excluding hydrogens is 374 g/mol. The van der Waals surface area contributed by atoms with Crippen molar-refractivity contribution in [3.63, 3.8) is 0 Å². The quantitative estimate of drug-likeness (QED) is 0.611. The van der Waals surface area contributed by atoms with Gasteiger partial charge in [0.25, 0.3) is 5.91 Å². The van der Waals surface area contributed by atoms with Crippen LogP contribution in [-0.2, 0) is 17.8 Å². The Bertz CT molecular complexity index is 925. The van der Waals surface area contributed by atoms with E-state index in [1.165, 1.54) is 11.3 Å². The van der Waals surface area contributed by atoms with E-state index >= 15 is 0 Å². The van der Waals surface area contributed by atoms with Gasteiger partial charge in [-0.05, 0) is 37.6 Å². The predicted octanol–water partition coefficient (Wildman–Crippen LogP) is 3.13. The molecule has 1 aromatic carbocycles. The first-order valence-corrected chi connectivity index (χ1v) is 9.79. The minimum Gasteiger partial charge on any atom is -0.350 e. The van der Waals surface area contributed by atoms with Crippen molar-refractivity contribution in [2.24, 2.45) is 0 Å². The summed E-state index contributed by atoms with van der Waals surface area (Å²) >= 11 is 1.25. The number of pyridine rings is 1. The fourth-order valence-electron chi connectivity index (χ4n) is 2.45. The van der Waals surface area contributed by atoms with E-state index in [0.29, 0.717) is 30.8 Å². The average Bonchev–Trinajstić information content (AvgIpc) is 3.18. The summed E-state index contributed by atoms with van der Waals surface area (Å²) in [5.74, 6) is -0.312. The second-order valence-corrected chi connectivity index (χ2v) is 7.33. The van der Waals surface area contributed by atoms with Crippen molar-refractivity contribution in [1.29, 1.82) is 0 Å². The van der Waals surface area contributed by atoms with Gasteiger partial charge in [0.2, 0.25) is 10.9 Å². The Morgan fingerprint density at radius 3 is 2.64 bits per heavy atom. The highest BCUT2D eigenvalue weighted by atomic mass is 32.1. The van der Waals surface area contributed by atoms with Crippen LogP contribution in [0.4, 0.5) is 5.69 Å². The molecule has 0 saturated heterocycles. The number of carbonyl (C=O) groups is 2. The molecule has 0 atom stereocenters. The van der Waals surface area contributed by atoms with Crippen molar-refractivity contribution < 1.29 is 9.59 Å². The van der Waals surface area contributed by atoms with Crippen molar-refractivity contribution in [2.75, 3.05) is 5.32 Å². The molecule has 0 aliphatic heterocycles. The van der Waals surface area contributed by atoms with Crippen molar-refractivity contribution in [2.45, 2.75) is 32.7 Å². The second kappa shape index (κ2) is 9.70. The lowest BCUT2D eigenvalue weighted by Gasteiger charge is -2.04. The summed E-state index contributed by atoms with van der Waals surface area (Å²) in [5, 5.41) is 14.7. The zero-order valence-electron chi connectivity index (χ0n) is 15.5. The number of carbonyl (C=O) groups excluding carboxylic acids is 2. The molecule has 0 saturated carbocycles. The number of rotatable bonds is 8. The van der Waals surface area contributed by atoms with Gasteiger partial charge < -0.3 is 10.6 Å². The van der Waals surface area contributed by atoms with Gasteiger partial charge in [0, 0.05) is 24.7 Å². The fourth-order valence-corrected chi connectivity index (χ4v) is 3.22. The van der Waals surface area contributed by atoms with Gasteiger partial charge in [0.15, 0.2) is 0 Å². The van der Waals surface area contributed by atoms with E-state index in [9.17, 15) is 9.59 Å². The van der Waals surface area contributed by atoms with Crippen molar-refractivity contribution in [1.82, 2.24) is 20.5 Å². The minimum absolute atomic E-state index is 0.0347. The van der Waals surface area contributed by atoms with E-state index in [1.807, 2.05) is 49.4 Å². The first-order valence-electron chi connectivity index (χ1n) is 8.97. The number of aromatic nitrogens is 3. The zero-order chi connectivity index (χ0) is 19.8. The molecule has 0 spiro atoms. The van der Waals surface area contributed by atoms with Crippen LogP contribution in [0, 0.1) is 6.92 Å². The number of hydrogen-bond donors (Lipinski definition) is 2. The van der Waals surface area contributed by atoms with Crippen LogP contribution in [0.3, 0.4) is 0 Å². The molecule has 0 fully saturated rings. The maximum absolute atomic E-state index is 12.2. The molecule has 144 valence electrons. The van der Waals surface area contributed by atoms with E-state index in [0.717, 1.165) is 22.0 Å². The van der Waals surface area contributed by atoms with E-state index in [1.54, 1.807) is 6.20 Å². The predicted molar refractivity (Wildman–Crippen MR) is 108 cm³/mol. The monoisotopic (exact) mass is 395 g/mol. The lowest BCUT2D eigenvalue weighted by Crippen LogP contribution is -2.22. The van der Waals surface area contributed by atoms with Crippen molar-refractivity contribution in [3.05, 3.63) is 69.9 Å². The van der Waals surface area contributed by atoms with Crippen molar-refractivity contribution >= 4 is 28.8 Å². The summed E-state index contributed by atoms with van der Waals surface area (Å²) in [5.41, 5.74) is 2.67. The van der Waals surface area contributed by atoms with Gasteiger partial charge in [-0.2, -0.15) is 0 Å². The molecule has 0 radical (unpaired) electrons. The molecule has 0 aliphatic rings. The van der Waals surface area contributed by atoms with E-state index in [2.05, 4.69) is 25.8 Å². The lowest BCUT2D eigenvalue weighted by atomic mass is 10.2. The van der Waals surface area contributed by atoms with Crippen molar-refractivity contribution in [3.8, 4) is 0 Å². The highest BCUT2D eigenvalue weighted by Crippen LogP contribution is 2.15.